The molecular formula is C22H31N5O3. The minimum Gasteiger partial charge on any atom is -0.381 e. The fourth-order valence-electron chi connectivity index (χ4n) is 4.60. The zero-order valence-corrected chi connectivity index (χ0v) is 17.8. The van der Waals surface area contributed by atoms with E-state index in [1.807, 2.05) is 40.7 Å². The van der Waals surface area contributed by atoms with Crippen molar-refractivity contribution in [3.8, 4) is 0 Å². The van der Waals surface area contributed by atoms with Crippen LogP contribution in [0.3, 0.4) is 0 Å². The molecular weight excluding hydrogens is 382 g/mol. The summed E-state index contributed by atoms with van der Waals surface area (Å²) in [5.41, 5.74) is 1.17. The molecule has 2 amide bonds. The number of nitrogens with one attached hydrogen (secondary N) is 1. The van der Waals surface area contributed by atoms with E-state index < -0.39 is 0 Å². The van der Waals surface area contributed by atoms with Gasteiger partial charge in [0.1, 0.15) is 11.3 Å². The third-order valence-electron chi connectivity index (χ3n) is 6.30. The Morgan fingerprint density at radius 2 is 1.93 bits per heavy atom. The van der Waals surface area contributed by atoms with Crippen molar-refractivity contribution in [3.05, 3.63) is 36.3 Å². The highest BCUT2D eigenvalue weighted by atomic mass is 16.5. The number of carbonyl (C=O) groups excluding carboxylic acids is 2. The number of fused-ring (bicyclic) bond motifs is 1. The lowest BCUT2D eigenvalue weighted by Gasteiger charge is -2.34. The first-order valence-electron chi connectivity index (χ1n) is 10.8. The summed E-state index contributed by atoms with van der Waals surface area (Å²) in [6.07, 6.45) is 7.28. The minimum absolute atomic E-state index is 0.00402. The van der Waals surface area contributed by atoms with Crippen LogP contribution in [0.2, 0.25) is 0 Å². The summed E-state index contributed by atoms with van der Waals surface area (Å²) in [7, 11) is 3.76. The molecule has 2 aromatic heterocycles. The Morgan fingerprint density at radius 1 is 1.13 bits per heavy atom. The molecule has 0 radical (unpaired) electrons. The van der Waals surface area contributed by atoms with Gasteiger partial charge in [0.25, 0.3) is 5.91 Å². The van der Waals surface area contributed by atoms with Crippen molar-refractivity contribution >= 4 is 17.5 Å². The van der Waals surface area contributed by atoms with E-state index in [9.17, 15) is 9.59 Å². The lowest BCUT2D eigenvalue weighted by atomic mass is 9.98. The maximum atomic E-state index is 13.1. The third-order valence-corrected chi connectivity index (χ3v) is 6.30. The number of likely N-dealkylation sites (tertiary alicyclic amines) is 2. The maximum Gasteiger partial charge on any atom is 0.271 e. The van der Waals surface area contributed by atoms with E-state index in [1.54, 1.807) is 13.3 Å². The summed E-state index contributed by atoms with van der Waals surface area (Å²) in [5.74, 6) is 0.0541. The van der Waals surface area contributed by atoms with Crippen molar-refractivity contribution < 1.29 is 14.3 Å². The Balaban J connectivity index is 1.34. The molecule has 4 rings (SSSR count). The van der Waals surface area contributed by atoms with Crippen LogP contribution in [-0.2, 0) is 9.53 Å². The molecule has 1 N–H and O–H groups in total. The lowest BCUT2D eigenvalue weighted by molar-refractivity contribution is -0.138. The quantitative estimate of drug-likeness (QED) is 0.820. The number of amides is 2. The standard InChI is InChI=1S/C22H31N5O3/c1-25-13-16(22(29)26-11-8-18(30-2)9-12-26)6-7-17(14-25)23-21(28)19-15-27-10-4-3-5-20(27)24-19/h3-5,10,15-18H,6-9,11-14H2,1-2H3,(H,23,28)/t16-,17+/m1/s1. The molecule has 4 heterocycles. The van der Waals surface area contributed by atoms with Gasteiger partial charge in [0.05, 0.1) is 12.0 Å². The van der Waals surface area contributed by atoms with Gasteiger partial charge in [-0.15, -0.1) is 0 Å². The number of carbonyl (C=O) groups is 2. The van der Waals surface area contributed by atoms with Crippen LogP contribution in [0.1, 0.15) is 36.2 Å². The number of hydrogen-bond donors (Lipinski definition) is 1. The minimum atomic E-state index is -0.163. The summed E-state index contributed by atoms with van der Waals surface area (Å²) in [6.45, 7) is 3.00. The van der Waals surface area contributed by atoms with E-state index >= 15 is 0 Å². The molecule has 2 aliphatic heterocycles. The van der Waals surface area contributed by atoms with E-state index in [4.69, 9.17) is 4.74 Å². The highest BCUT2D eigenvalue weighted by molar-refractivity contribution is 5.93. The van der Waals surface area contributed by atoms with Crippen molar-refractivity contribution in [1.29, 1.82) is 0 Å². The van der Waals surface area contributed by atoms with Gasteiger partial charge in [0.2, 0.25) is 5.91 Å². The fourth-order valence-corrected chi connectivity index (χ4v) is 4.60. The number of likely N-dealkylation sites (N-methyl/N-ethyl adjacent to an activating group) is 1. The number of rotatable bonds is 4. The van der Waals surface area contributed by atoms with Gasteiger partial charge in [-0.3, -0.25) is 9.59 Å². The second-order valence-electron chi connectivity index (χ2n) is 8.52. The van der Waals surface area contributed by atoms with E-state index in [0.717, 1.165) is 57.5 Å². The van der Waals surface area contributed by atoms with Gasteiger partial charge in [-0.2, -0.15) is 0 Å². The Hall–Kier alpha value is -2.45. The predicted molar refractivity (Wildman–Crippen MR) is 113 cm³/mol. The van der Waals surface area contributed by atoms with Crippen LogP contribution in [0.15, 0.2) is 30.6 Å². The predicted octanol–water partition coefficient (Wildman–Crippen LogP) is 1.41. The van der Waals surface area contributed by atoms with Crippen molar-refractivity contribution in [1.82, 2.24) is 24.5 Å². The summed E-state index contributed by atoms with van der Waals surface area (Å²) >= 11 is 0. The van der Waals surface area contributed by atoms with Crippen LogP contribution in [0.5, 0.6) is 0 Å². The average molecular weight is 414 g/mol. The molecule has 0 spiro atoms. The average Bonchev–Trinajstić information content (AvgIpc) is 3.11. The van der Waals surface area contributed by atoms with Gasteiger partial charge in [0.15, 0.2) is 0 Å². The largest absolute Gasteiger partial charge is 0.381 e. The molecule has 2 atom stereocenters. The number of pyridine rings is 1. The van der Waals surface area contributed by atoms with Crippen molar-refractivity contribution in [3.63, 3.8) is 0 Å². The van der Waals surface area contributed by atoms with E-state index in [0.29, 0.717) is 5.69 Å². The lowest BCUT2D eigenvalue weighted by Crippen LogP contribution is -2.45. The molecule has 2 fully saturated rings. The van der Waals surface area contributed by atoms with Gasteiger partial charge in [-0.25, -0.2) is 4.98 Å². The Bertz CT molecular complexity index is 857. The molecule has 30 heavy (non-hydrogen) atoms. The third kappa shape index (κ3) is 4.65. The zero-order chi connectivity index (χ0) is 21.1. The highest BCUT2D eigenvalue weighted by Gasteiger charge is 2.32. The maximum absolute atomic E-state index is 13.1. The summed E-state index contributed by atoms with van der Waals surface area (Å²) in [4.78, 5) is 34.3. The normalized spacial score (nSPS) is 24.0. The number of aromatic nitrogens is 2. The van der Waals surface area contributed by atoms with Crippen molar-refractivity contribution in [2.45, 2.75) is 37.8 Å². The molecule has 2 aliphatic rings. The van der Waals surface area contributed by atoms with Crippen LogP contribution in [0.25, 0.3) is 5.65 Å². The van der Waals surface area contributed by atoms with Gasteiger partial charge >= 0.3 is 0 Å². The second-order valence-corrected chi connectivity index (χ2v) is 8.52. The van der Waals surface area contributed by atoms with E-state index in [1.165, 1.54) is 0 Å². The first-order chi connectivity index (χ1) is 14.5. The van der Waals surface area contributed by atoms with Gasteiger partial charge in [-0.1, -0.05) is 6.07 Å². The molecule has 2 saturated heterocycles. The molecule has 8 nitrogen and oxygen atoms in total. The van der Waals surface area contributed by atoms with Gasteiger partial charge < -0.3 is 24.3 Å². The van der Waals surface area contributed by atoms with Crippen LogP contribution in [0.4, 0.5) is 0 Å². The first kappa shape index (κ1) is 20.8. The van der Waals surface area contributed by atoms with E-state index in [2.05, 4.69) is 15.2 Å². The highest BCUT2D eigenvalue weighted by Crippen LogP contribution is 2.22. The smallest absolute Gasteiger partial charge is 0.271 e. The summed E-state index contributed by atoms with van der Waals surface area (Å²) in [6, 6.07) is 5.69. The molecule has 162 valence electrons. The van der Waals surface area contributed by atoms with E-state index in [-0.39, 0.29) is 29.9 Å². The van der Waals surface area contributed by atoms with Gasteiger partial charge in [0, 0.05) is 51.7 Å². The summed E-state index contributed by atoms with van der Waals surface area (Å²) in [5, 5.41) is 3.12. The van der Waals surface area contributed by atoms with Crippen LogP contribution in [-0.4, -0.2) is 83.5 Å². The number of nitrogens with zero attached hydrogens (tertiary/aromatic N) is 4. The molecule has 8 heteroatoms. The Kier molecular flexibility index (Phi) is 6.34. The molecule has 0 aromatic carbocycles. The Morgan fingerprint density at radius 3 is 2.67 bits per heavy atom. The fraction of sp³-hybridized carbons (Fsp3) is 0.591. The van der Waals surface area contributed by atoms with Crippen molar-refractivity contribution in [2.75, 3.05) is 40.3 Å². The molecule has 0 saturated carbocycles. The molecule has 0 bridgehead atoms. The molecule has 0 unspecified atom stereocenters. The SMILES string of the molecule is COC1CCN(C(=O)[C@@H]2CC[C@H](NC(=O)c3cn4ccccc4n3)CN(C)C2)CC1. The summed E-state index contributed by atoms with van der Waals surface area (Å²) < 4.78 is 7.26. The number of hydrogen-bond acceptors (Lipinski definition) is 5. The van der Waals surface area contributed by atoms with Gasteiger partial charge in [-0.05, 0) is 44.9 Å². The number of piperidine rings is 1. The number of imidazole rings is 1. The molecule has 0 aliphatic carbocycles. The number of methoxy groups -OCH3 is 1. The van der Waals surface area contributed by atoms with Crippen LogP contribution >= 0.6 is 0 Å². The zero-order valence-electron chi connectivity index (χ0n) is 17.8. The van der Waals surface area contributed by atoms with Crippen LogP contribution in [0, 0.1) is 5.92 Å². The van der Waals surface area contributed by atoms with Crippen LogP contribution < -0.4 is 5.32 Å². The molecule has 2 aromatic rings. The monoisotopic (exact) mass is 413 g/mol. The topological polar surface area (TPSA) is 79.2 Å². The second kappa shape index (κ2) is 9.14. The van der Waals surface area contributed by atoms with Crippen molar-refractivity contribution in [2.24, 2.45) is 5.92 Å². The number of ether oxygens (including phenoxy) is 1. The Labute approximate surface area is 177 Å². The first-order valence-corrected chi connectivity index (χ1v) is 10.8.